The van der Waals surface area contributed by atoms with Gasteiger partial charge in [-0.1, -0.05) is 18.2 Å². The predicted molar refractivity (Wildman–Crippen MR) is 70.1 cm³/mol. The number of quaternary nitrogens is 1. The SMILES string of the molecule is C[N+](C)(C)CCC(=O)c1c[nH]c2ccccc12.[I-]. The summed E-state index contributed by atoms with van der Waals surface area (Å²) < 4.78 is 0.814. The van der Waals surface area contributed by atoms with Crippen LogP contribution in [0.4, 0.5) is 0 Å². The Labute approximate surface area is 125 Å². The average molecular weight is 358 g/mol. The Balaban J connectivity index is 0.00000162. The number of fused-ring (bicyclic) bond motifs is 1. The first-order valence-corrected chi connectivity index (χ1v) is 5.87. The number of carbonyl (C=O) groups is 1. The lowest BCUT2D eigenvalue weighted by Crippen LogP contribution is -3.00. The predicted octanol–water partition coefficient (Wildman–Crippen LogP) is -0.549. The lowest BCUT2D eigenvalue weighted by molar-refractivity contribution is -0.869. The third-order valence-corrected chi connectivity index (χ3v) is 2.90. The number of aromatic amines is 1. The van der Waals surface area contributed by atoms with Crippen molar-refractivity contribution in [3.63, 3.8) is 0 Å². The van der Waals surface area contributed by atoms with Crippen molar-refractivity contribution in [2.45, 2.75) is 6.42 Å². The van der Waals surface area contributed by atoms with Crippen LogP contribution in [0.5, 0.6) is 0 Å². The molecule has 0 amide bonds. The Kier molecular flexibility index (Phi) is 4.92. The van der Waals surface area contributed by atoms with Crippen molar-refractivity contribution in [3.8, 4) is 0 Å². The van der Waals surface area contributed by atoms with Crippen molar-refractivity contribution in [2.75, 3.05) is 27.7 Å². The second-order valence-electron chi connectivity index (χ2n) is 5.44. The van der Waals surface area contributed by atoms with Gasteiger partial charge >= 0.3 is 0 Å². The van der Waals surface area contributed by atoms with Crippen LogP contribution in [0.25, 0.3) is 10.9 Å². The molecule has 0 aliphatic rings. The largest absolute Gasteiger partial charge is 1.00 e. The van der Waals surface area contributed by atoms with Crippen LogP contribution in [0.2, 0.25) is 0 Å². The molecule has 0 bridgehead atoms. The fraction of sp³-hybridized carbons (Fsp3) is 0.357. The topological polar surface area (TPSA) is 32.9 Å². The van der Waals surface area contributed by atoms with Gasteiger partial charge in [-0.15, -0.1) is 0 Å². The number of Topliss-reactive ketones (excluding diaryl/α,β-unsaturated/α-hetero) is 1. The van der Waals surface area contributed by atoms with Crippen LogP contribution in [0, 0.1) is 0 Å². The number of H-pyrrole nitrogens is 1. The van der Waals surface area contributed by atoms with Gasteiger partial charge in [0.05, 0.1) is 34.1 Å². The molecule has 0 aliphatic heterocycles. The molecule has 0 radical (unpaired) electrons. The standard InChI is InChI=1S/C14H18N2O.HI/c1-16(2,3)9-8-14(17)12-10-15-13-7-5-4-6-11(12)13;/h4-7,10H,8-9H2,1-3H3;1H. The molecule has 0 atom stereocenters. The van der Waals surface area contributed by atoms with E-state index in [1.807, 2.05) is 30.5 Å². The summed E-state index contributed by atoms with van der Waals surface area (Å²) >= 11 is 0. The number of para-hydroxylation sites is 1. The molecule has 2 rings (SSSR count). The van der Waals surface area contributed by atoms with E-state index >= 15 is 0 Å². The number of rotatable bonds is 4. The van der Waals surface area contributed by atoms with Crippen molar-refractivity contribution < 1.29 is 33.3 Å². The van der Waals surface area contributed by atoms with Crippen LogP contribution >= 0.6 is 0 Å². The highest BCUT2D eigenvalue weighted by Crippen LogP contribution is 2.19. The van der Waals surface area contributed by atoms with Crippen molar-refractivity contribution in [1.82, 2.24) is 4.98 Å². The zero-order valence-electron chi connectivity index (χ0n) is 11.0. The summed E-state index contributed by atoms with van der Waals surface area (Å²) in [6.45, 7) is 0.859. The molecular formula is C14H19IN2O. The third-order valence-electron chi connectivity index (χ3n) is 2.90. The third kappa shape index (κ3) is 3.55. The van der Waals surface area contributed by atoms with Crippen LogP contribution in [0.15, 0.2) is 30.5 Å². The smallest absolute Gasteiger partial charge is 0.170 e. The summed E-state index contributed by atoms with van der Waals surface area (Å²) in [4.78, 5) is 15.3. The molecule has 0 unspecified atom stereocenters. The van der Waals surface area contributed by atoms with Crippen molar-refractivity contribution in [3.05, 3.63) is 36.0 Å². The minimum atomic E-state index is 0. The number of aromatic nitrogens is 1. The molecule has 1 N–H and O–H groups in total. The maximum Gasteiger partial charge on any atom is 0.170 e. The molecule has 3 nitrogen and oxygen atoms in total. The van der Waals surface area contributed by atoms with E-state index in [-0.39, 0.29) is 29.8 Å². The van der Waals surface area contributed by atoms with E-state index in [4.69, 9.17) is 0 Å². The van der Waals surface area contributed by atoms with Gasteiger partial charge in [-0.3, -0.25) is 4.79 Å². The number of halogens is 1. The maximum absolute atomic E-state index is 12.1. The molecule has 1 aromatic carbocycles. The van der Waals surface area contributed by atoms with Crippen LogP contribution in [0.1, 0.15) is 16.8 Å². The van der Waals surface area contributed by atoms with Gasteiger partial charge in [0.2, 0.25) is 0 Å². The Morgan fingerprint density at radius 1 is 1.22 bits per heavy atom. The fourth-order valence-corrected chi connectivity index (χ4v) is 1.87. The van der Waals surface area contributed by atoms with Crippen molar-refractivity contribution >= 4 is 16.7 Å². The number of nitrogens with one attached hydrogen (secondary N) is 1. The first-order valence-electron chi connectivity index (χ1n) is 5.87. The zero-order chi connectivity index (χ0) is 12.5. The van der Waals surface area contributed by atoms with E-state index in [0.717, 1.165) is 27.5 Å². The zero-order valence-corrected chi connectivity index (χ0v) is 13.2. The Morgan fingerprint density at radius 2 is 1.89 bits per heavy atom. The highest BCUT2D eigenvalue weighted by Gasteiger charge is 2.15. The molecular weight excluding hydrogens is 339 g/mol. The molecule has 98 valence electrons. The Morgan fingerprint density at radius 3 is 2.56 bits per heavy atom. The van der Waals surface area contributed by atoms with Gasteiger partial charge in [0.1, 0.15) is 0 Å². The molecule has 1 heterocycles. The minimum Gasteiger partial charge on any atom is -1.00 e. The molecule has 0 saturated carbocycles. The fourth-order valence-electron chi connectivity index (χ4n) is 1.87. The van der Waals surface area contributed by atoms with Gasteiger partial charge in [-0.25, -0.2) is 0 Å². The summed E-state index contributed by atoms with van der Waals surface area (Å²) in [6.07, 6.45) is 2.41. The molecule has 0 aliphatic carbocycles. The van der Waals surface area contributed by atoms with Gasteiger partial charge in [-0.05, 0) is 6.07 Å². The van der Waals surface area contributed by atoms with E-state index in [0.29, 0.717) is 6.42 Å². The summed E-state index contributed by atoms with van der Waals surface area (Å²) in [7, 11) is 6.30. The maximum atomic E-state index is 12.1. The van der Waals surface area contributed by atoms with E-state index in [2.05, 4.69) is 26.1 Å². The summed E-state index contributed by atoms with van der Waals surface area (Å²) in [5.41, 5.74) is 1.84. The molecule has 1 aromatic heterocycles. The number of ketones is 1. The monoisotopic (exact) mass is 358 g/mol. The molecule has 2 aromatic rings. The van der Waals surface area contributed by atoms with Crippen LogP contribution in [-0.2, 0) is 0 Å². The molecule has 0 spiro atoms. The quantitative estimate of drug-likeness (QED) is 0.444. The number of hydrogen-bond acceptors (Lipinski definition) is 1. The van der Waals surface area contributed by atoms with Gasteiger partial charge < -0.3 is 33.4 Å². The molecule has 18 heavy (non-hydrogen) atoms. The van der Waals surface area contributed by atoms with Gasteiger partial charge in [0.25, 0.3) is 0 Å². The van der Waals surface area contributed by atoms with Gasteiger partial charge in [0, 0.05) is 22.7 Å². The second-order valence-corrected chi connectivity index (χ2v) is 5.44. The molecule has 4 heteroatoms. The Bertz CT molecular complexity index is 540. The lowest BCUT2D eigenvalue weighted by Gasteiger charge is -2.23. The Hall–Kier alpha value is -0.880. The number of carbonyl (C=O) groups excluding carboxylic acids is 1. The summed E-state index contributed by atoms with van der Waals surface area (Å²) in [5.74, 6) is 0.218. The van der Waals surface area contributed by atoms with E-state index < -0.39 is 0 Å². The number of nitrogens with zero attached hydrogens (tertiary/aromatic N) is 1. The average Bonchev–Trinajstić information content (AvgIpc) is 2.68. The molecule has 0 fully saturated rings. The van der Waals surface area contributed by atoms with Crippen LogP contribution < -0.4 is 24.0 Å². The first kappa shape index (κ1) is 15.2. The highest BCUT2D eigenvalue weighted by molar-refractivity contribution is 6.07. The highest BCUT2D eigenvalue weighted by atomic mass is 127. The number of benzene rings is 1. The molecule has 0 saturated heterocycles. The van der Waals surface area contributed by atoms with E-state index in [9.17, 15) is 4.79 Å². The van der Waals surface area contributed by atoms with Crippen LogP contribution in [0.3, 0.4) is 0 Å². The van der Waals surface area contributed by atoms with Crippen LogP contribution in [-0.4, -0.2) is 42.9 Å². The summed E-state index contributed by atoms with van der Waals surface area (Å²) in [6, 6.07) is 7.92. The van der Waals surface area contributed by atoms with Gasteiger partial charge in [-0.2, -0.15) is 0 Å². The second kappa shape index (κ2) is 5.84. The normalized spacial score (nSPS) is 11.3. The van der Waals surface area contributed by atoms with E-state index in [1.54, 1.807) is 0 Å². The van der Waals surface area contributed by atoms with Crippen molar-refractivity contribution in [2.24, 2.45) is 0 Å². The first-order chi connectivity index (χ1) is 7.97. The van der Waals surface area contributed by atoms with Crippen molar-refractivity contribution in [1.29, 1.82) is 0 Å². The van der Waals surface area contributed by atoms with E-state index in [1.165, 1.54) is 0 Å². The van der Waals surface area contributed by atoms with Gasteiger partial charge in [0.15, 0.2) is 5.78 Å². The lowest BCUT2D eigenvalue weighted by atomic mass is 10.1. The summed E-state index contributed by atoms with van der Waals surface area (Å²) in [5, 5.41) is 1.03. The number of hydrogen-bond donors (Lipinski definition) is 1. The minimum absolute atomic E-state index is 0.